The second kappa shape index (κ2) is 7.86. The number of halogens is 2. The number of nitrogens with one attached hydrogen (secondary N) is 1. The van der Waals surface area contributed by atoms with Gasteiger partial charge < -0.3 is 14.8 Å². The van der Waals surface area contributed by atoms with Crippen molar-refractivity contribution in [3.05, 3.63) is 57.0 Å². The van der Waals surface area contributed by atoms with Crippen LogP contribution < -0.4 is 14.8 Å². The molecule has 0 bridgehead atoms. The summed E-state index contributed by atoms with van der Waals surface area (Å²) in [7, 11) is 3.19. The van der Waals surface area contributed by atoms with E-state index in [9.17, 15) is 0 Å². The summed E-state index contributed by atoms with van der Waals surface area (Å²) in [5, 5.41) is 4.03. The van der Waals surface area contributed by atoms with Crippen molar-refractivity contribution < 1.29 is 9.47 Å². The normalized spacial score (nSPS) is 12.0. The summed E-state index contributed by atoms with van der Waals surface area (Å²) in [6.45, 7) is 2.82. The Morgan fingerprint density at radius 3 is 2.59 bits per heavy atom. The molecule has 0 aliphatic rings. The number of benzene rings is 2. The molecule has 0 radical (unpaired) electrons. The van der Waals surface area contributed by atoms with Gasteiger partial charge in [-0.25, -0.2) is 0 Å². The van der Waals surface area contributed by atoms with Crippen LogP contribution in [0.15, 0.2) is 40.9 Å². The third-order valence-corrected chi connectivity index (χ3v) is 4.23. The molecule has 0 aliphatic carbocycles. The van der Waals surface area contributed by atoms with Crippen LogP contribution in [0, 0.1) is 0 Å². The summed E-state index contributed by atoms with van der Waals surface area (Å²) >= 11 is 9.72. The topological polar surface area (TPSA) is 30.5 Å². The van der Waals surface area contributed by atoms with Crippen LogP contribution in [0.3, 0.4) is 0 Å². The fourth-order valence-corrected chi connectivity index (χ4v) is 2.97. The maximum absolute atomic E-state index is 6.23. The summed E-state index contributed by atoms with van der Waals surface area (Å²) in [5.74, 6) is 1.20. The van der Waals surface area contributed by atoms with Gasteiger partial charge in [0.1, 0.15) is 0 Å². The number of rotatable bonds is 6. The van der Waals surface area contributed by atoms with Gasteiger partial charge in [0.25, 0.3) is 0 Å². The summed E-state index contributed by atoms with van der Waals surface area (Å²) < 4.78 is 11.6. The minimum atomic E-state index is 0.226. The molecule has 0 saturated heterocycles. The molecular weight excluding hydrogens is 366 g/mol. The van der Waals surface area contributed by atoms with Crippen LogP contribution in [0.1, 0.15) is 24.1 Å². The van der Waals surface area contributed by atoms with Crippen molar-refractivity contribution in [2.45, 2.75) is 19.5 Å². The second-order valence-corrected chi connectivity index (χ2v) is 6.29. The van der Waals surface area contributed by atoms with Crippen LogP contribution in [-0.4, -0.2) is 14.2 Å². The average Bonchev–Trinajstić information content (AvgIpc) is 2.51. The highest BCUT2D eigenvalue weighted by molar-refractivity contribution is 9.10. The van der Waals surface area contributed by atoms with Gasteiger partial charge in [0.05, 0.1) is 19.2 Å². The Labute approximate surface area is 144 Å². The lowest BCUT2D eigenvalue weighted by Crippen LogP contribution is -2.18. The third kappa shape index (κ3) is 4.15. The Balaban J connectivity index is 2.10. The number of ether oxygens (including phenoxy) is 2. The molecule has 5 heteroatoms. The summed E-state index contributed by atoms with van der Waals surface area (Å²) in [5.41, 5.74) is 2.27. The van der Waals surface area contributed by atoms with Gasteiger partial charge in [0.2, 0.25) is 0 Å². The van der Waals surface area contributed by atoms with Gasteiger partial charge in [-0.1, -0.05) is 39.7 Å². The molecule has 2 aromatic rings. The molecule has 1 atom stereocenters. The van der Waals surface area contributed by atoms with Crippen molar-refractivity contribution in [1.82, 2.24) is 5.32 Å². The van der Waals surface area contributed by atoms with Gasteiger partial charge in [-0.3, -0.25) is 0 Å². The average molecular weight is 385 g/mol. The molecule has 0 aromatic heterocycles. The molecule has 0 fully saturated rings. The van der Waals surface area contributed by atoms with E-state index < -0.39 is 0 Å². The maximum Gasteiger partial charge on any atom is 0.179 e. The van der Waals surface area contributed by atoms with Crippen LogP contribution in [-0.2, 0) is 6.54 Å². The molecule has 0 saturated carbocycles. The standard InChI is InChI=1S/C17H19BrClNO2/c1-11(13-5-4-6-14(18)9-13)20-10-12-7-15(19)17(22-3)16(8-12)21-2/h4-9,11,20H,10H2,1-3H3/t11-/m1/s1. The van der Waals surface area contributed by atoms with Crippen molar-refractivity contribution in [1.29, 1.82) is 0 Å². The van der Waals surface area contributed by atoms with Crippen LogP contribution in [0.2, 0.25) is 5.02 Å². The molecule has 3 nitrogen and oxygen atoms in total. The Morgan fingerprint density at radius 1 is 1.18 bits per heavy atom. The zero-order valence-corrected chi connectivity index (χ0v) is 15.2. The fourth-order valence-electron chi connectivity index (χ4n) is 2.24. The quantitative estimate of drug-likeness (QED) is 0.762. The van der Waals surface area contributed by atoms with E-state index in [4.69, 9.17) is 21.1 Å². The van der Waals surface area contributed by atoms with Crippen molar-refractivity contribution >= 4 is 27.5 Å². The van der Waals surface area contributed by atoms with Crippen molar-refractivity contribution in [3.63, 3.8) is 0 Å². The van der Waals surface area contributed by atoms with Gasteiger partial charge in [0, 0.05) is 17.1 Å². The predicted octanol–water partition coefficient (Wildman–Crippen LogP) is 4.97. The van der Waals surface area contributed by atoms with E-state index in [0.717, 1.165) is 10.0 Å². The SMILES string of the molecule is COc1cc(CN[C@H](C)c2cccc(Br)c2)cc(Cl)c1OC. The third-order valence-electron chi connectivity index (χ3n) is 3.45. The molecule has 0 unspecified atom stereocenters. The van der Waals surface area contributed by atoms with Crippen molar-refractivity contribution in [2.24, 2.45) is 0 Å². The van der Waals surface area contributed by atoms with Crippen molar-refractivity contribution in [3.8, 4) is 11.5 Å². The fraction of sp³-hybridized carbons (Fsp3) is 0.294. The first-order valence-corrected chi connectivity index (χ1v) is 8.11. The number of methoxy groups -OCH3 is 2. The first-order valence-electron chi connectivity index (χ1n) is 6.94. The van der Waals surface area contributed by atoms with Gasteiger partial charge >= 0.3 is 0 Å². The Bertz CT molecular complexity index is 649. The van der Waals surface area contributed by atoms with Gasteiger partial charge in [-0.05, 0) is 42.3 Å². The highest BCUT2D eigenvalue weighted by Gasteiger charge is 2.12. The highest BCUT2D eigenvalue weighted by atomic mass is 79.9. The van der Waals surface area contributed by atoms with Crippen LogP contribution >= 0.6 is 27.5 Å². The molecule has 2 rings (SSSR count). The maximum atomic E-state index is 6.23. The minimum Gasteiger partial charge on any atom is -0.493 e. The smallest absolute Gasteiger partial charge is 0.179 e. The second-order valence-electron chi connectivity index (χ2n) is 4.97. The van der Waals surface area contributed by atoms with Gasteiger partial charge in [-0.2, -0.15) is 0 Å². The van der Waals surface area contributed by atoms with E-state index in [1.807, 2.05) is 24.3 Å². The van der Waals surface area contributed by atoms with Crippen LogP contribution in [0.25, 0.3) is 0 Å². The molecule has 0 aliphatic heterocycles. The Morgan fingerprint density at radius 2 is 1.95 bits per heavy atom. The lowest BCUT2D eigenvalue weighted by Gasteiger charge is -2.16. The zero-order chi connectivity index (χ0) is 16.1. The molecule has 0 heterocycles. The minimum absolute atomic E-state index is 0.226. The van der Waals surface area contributed by atoms with E-state index in [0.29, 0.717) is 23.1 Å². The number of hydrogen-bond donors (Lipinski definition) is 1. The molecule has 22 heavy (non-hydrogen) atoms. The van der Waals surface area contributed by atoms with Crippen LogP contribution in [0.5, 0.6) is 11.5 Å². The first-order chi connectivity index (χ1) is 10.5. The lowest BCUT2D eigenvalue weighted by molar-refractivity contribution is 0.354. The van der Waals surface area contributed by atoms with E-state index >= 15 is 0 Å². The monoisotopic (exact) mass is 383 g/mol. The van der Waals surface area contributed by atoms with Crippen molar-refractivity contribution in [2.75, 3.05) is 14.2 Å². The number of hydrogen-bond acceptors (Lipinski definition) is 3. The zero-order valence-electron chi connectivity index (χ0n) is 12.8. The predicted molar refractivity (Wildman–Crippen MR) is 94.0 cm³/mol. The van der Waals surface area contributed by atoms with Gasteiger partial charge in [-0.15, -0.1) is 0 Å². The Kier molecular flexibility index (Phi) is 6.12. The van der Waals surface area contributed by atoms with E-state index in [1.165, 1.54) is 5.56 Å². The van der Waals surface area contributed by atoms with Gasteiger partial charge in [0.15, 0.2) is 11.5 Å². The summed E-state index contributed by atoms with van der Waals surface area (Å²) in [6, 6.07) is 12.3. The molecule has 118 valence electrons. The molecule has 2 aromatic carbocycles. The molecular formula is C17H19BrClNO2. The van der Waals surface area contributed by atoms with E-state index in [-0.39, 0.29) is 6.04 Å². The lowest BCUT2D eigenvalue weighted by atomic mass is 10.1. The van der Waals surface area contributed by atoms with E-state index in [2.05, 4.69) is 40.3 Å². The first kappa shape index (κ1) is 17.1. The highest BCUT2D eigenvalue weighted by Crippen LogP contribution is 2.36. The largest absolute Gasteiger partial charge is 0.493 e. The summed E-state index contributed by atoms with van der Waals surface area (Å²) in [4.78, 5) is 0. The molecule has 1 N–H and O–H groups in total. The molecule has 0 amide bonds. The van der Waals surface area contributed by atoms with E-state index in [1.54, 1.807) is 14.2 Å². The summed E-state index contributed by atoms with van der Waals surface area (Å²) in [6.07, 6.45) is 0. The van der Waals surface area contributed by atoms with Crippen LogP contribution in [0.4, 0.5) is 0 Å². The Hall–Kier alpha value is -1.23. The molecule has 0 spiro atoms.